The molecular weight excluding hydrogens is 953 g/mol. The molecular formula is C54H58O15S2. The zero-order chi connectivity index (χ0) is 49.8. The summed E-state index contributed by atoms with van der Waals surface area (Å²) in [5.74, 6) is 0. The van der Waals surface area contributed by atoms with Gasteiger partial charge in [-0.25, -0.2) is 0 Å². The maximum absolute atomic E-state index is 13.7. The van der Waals surface area contributed by atoms with Crippen molar-refractivity contribution in [1.82, 2.24) is 0 Å². The van der Waals surface area contributed by atoms with Gasteiger partial charge in [0.1, 0.15) is 48.8 Å². The van der Waals surface area contributed by atoms with Crippen LogP contribution in [-0.2, 0) is 88.2 Å². The number of hydrogen-bond acceptors (Lipinski definition) is 15. The van der Waals surface area contributed by atoms with E-state index in [4.69, 9.17) is 41.5 Å². The lowest BCUT2D eigenvalue weighted by molar-refractivity contribution is -0.369. The van der Waals surface area contributed by atoms with Crippen molar-refractivity contribution in [3.05, 3.63) is 203 Å². The molecule has 2 aliphatic heterocycles. The first-order valence-electron chi connectivity index (χ1n) is 23.2. The van der Waals surface area contributed by atoms with Crippen LogP contribution in [0.25, 0.3) is 0 Å². The molecule has 0 radical (unpaired) electrons. The quantitative estimate of drug-likeness (QED) is 0.0664. The molecule has 0 saturated carbocycles. The second kappa shape index (κ2) is 24.5. The third kappa shape index (κ3) is 14.1. The van der Waals surface area contributed by atoms with E-state index in [0.29, 0.717) is 0 Å². The molecule has 376 valence electrons. The van der Waals surface area contributed by atoms with Crippen molar-refractivity contribution in [3.63, 3.8) is 0 Å². The molecule has 0 spiro atoms. The Morgan fingerprint density at radius 1 is 0.423 bits per heavy atom. The first kappa shape index (κ1) is 52.1. The molecule has 6 aromatic carbocycles. The maximum atomic E-state index is 13.7. The normalized spacial score (nSPS) is 24.9. The van der Waals surface area contributed by atoms with Crippen LogP contribution >= 0.6 is 0 Å². The lowest BCUT2D eigenvalue weighted by Crippen LogP contribution is -2.66. The van der Waals surface area contributed by atoms with Gasteiger partial charge in [0, 0.05) is 0 Å². The highest BCUT2D eigenvalue weighted by atomic mass is 32.2. The van der Waals surface area contributed by atoms with Crippen LogP contribution in [0.5, 0.6) is 0 Å². The summed E-state index contributed by atoms with van der Waals surface area (Å²) in [5.41, 5.74) is 4.72. The Bertz CT molecular complexity index is 2770. The van der Waals surface area contributed by atoms with Gasteiger partial charge in [-0.2, -0.15) is 16.8 Å². The fraction of sp³-hybridized carbons (Fsp3) is 0.333. The molecule has 0 bridgehead atoms. The molecule has 2 saturated heterocycles. The van der Waals surface area contributed by atoms with Crippen molar-refractivity contribution in [2.45, 2.75) is 111 Å². The number of hydrogen-bond donors (Lipinski definition) is 2. The molecule has 6 aromatic rings. The van der Waals surface area contributed by atoms with Gasteiger partial charge in [-0.05, 0) is 60.4 Å². The van der Waals surface area contributed by atoms with Crippen LogP contribution in [0.15, 0.2) is 180 Å². The van der Waals surface area contributed by atoms with Crippen LogP contribution in [0, 0.1) is 13.8 Å². The third-order valence-electron chi connectivity index (χ3n) is 12.1. The zero-order valence-corrected chi connectivity index (χ0v) is 40.8. The van der Waals surface area contributed by atoms with Crippen LogP contribution in [0.1, 0.15) is 33.4 Å². The van der Waals surface area contributed by atoms with E-state index in [9.17, 15) is 27.0 Å². The molecule has 71 heavy (non-hydrogen) atoms. The summed E-state index contributed by atoms with van der Waals surface area (Å²) in [4.78, 5) is -0.220. The summed E-state index contributed by atoms with van der Waals surface area (Å²) in [7, 11) is -8.79. The second-order valence-corrected chi connectivity index (χ2v) is 20.6. The number of aliphatic hydroxyl groups is 2. The van der Waals surface area contributed by atoms with E-state index in [-0.39, 0.29) is 36.2 Å². The standard InChI is InChI=1S/C54H58O15S2/c1-37-23-27-43(28-24-37)70(57,58)65-35-45-47(55)49(61-31-39-15-7-3-8-16-39)52(64-34-42-21-13-6-14-22-42)54(68-45)69-48-46(36-66-71(59,60)44-29-25-38(2)26-30-44)67-53(56)51(63-33-41-19-11-5-12-20-41)50(48)62-32-40-17-9-4-10-18-40/h3-30,45-56H,31-36H2,1-2H3/t45-,46-,47-,48-,49+,50+,51-,52-,53-,54-/m1/s1. The SMILES string of the molecule is Cc1ccc(S(=O)(=O)OC[C@H]2O[C@H](O[C@H]3[C@H](OCc4ccccc4)[C@@H](OCc4ccccc4)[C@H](O)O[C@@H]3COS(=O)(=O)c3ccc(C)cc3)[C@H](OCc3ccccc3)[C@@H](OCc3ccccc3)[C@@H]2O)cc1. The Labute approximate surface area is 415 Å². The second-order valence-electron chi connectivity index (χ2n) is 17.3. The smallest absolute Gasteiger partial charge is 0.297 e. The molecule has 0 aliphatic carbocycles. The summed E-state index contributed by atoms with van der Waals surface area (Å²) in [6.45, 7) is 2.22. The monoisotopic (exact) mass is 1010 g/mol. The average Bonchev–Trinajstić information content (AvgIpc) is 3.38. The van der Waals surface area contributed by atoms with E-state index >= 15 is 0 Å². The van der Waals surface area contributed by atoms with Gasteiger partial charge in [0.25, 0.3) is 20.2 Å². The number of aliphatic hydroxyl groups excluding tert-OH is 2. The predicted octanol–water partition coefficient (Wildman–Crippen LogP) is 6.94. The minimum absolute atomic E-state index is 0.00597. The van der Waals surface area contributed by atoms with Gasteiger partial charge in [0.05, 0.1) is 49.4 Å². The molecule has 2 fully saturated rings. The first-order chi connectivity index (χ1) is 34.3. The zero-order valence-electron chi connectivity index (χ0n) is 39.2. The molecule has 0 unspecified atom stereocenters. The van der Waals surface area contributed by atoms with Crippen molar-refractivity contribution >= 4 is 20.2 Å². The van der Waals surface area contributed by atoms with Crippen molar-refractivity contribution in [2.75, 3.05) is 13.2 Å². The van der Waals surface area contributed by atoms with Crippen LogP contribution in [-0.4, -0.2) is 102 Å². The highest BCUT2D eigenvalue weighted by molar-refractivity contribution is 7.87. The molecule has 2 aliphatic rings. The minimum atomic E-state index is -4.41. The Hall–Kier alpha value is -5.22. The lowest BCUT2D eigenvalue weighted by Gasteiger charge is -2.49. The first-order valence-corrected chi connectivity index (χ1v) is 26.0. The van der Waals surface area contributed by atoms with E-state index in [1.807, 2.05) is 135 Å². The summed E-state index contributed by atoms with van der Waals surface area (Å²) in [6, 6.07) is 49.2. The largest absolute Gasteiger partial charge is 0.387 e. The number of rotatable bonds is 22. The van der Waals surface area contributed by atoms with E-state index in [2.05, 4.69) is 0 Å². The van der Waals surface area contributed by atoms with Crippen LogP contribution < -0.4 is 0 Å². The summed E-state index contributed by atoms with van der Waals surface area (Å²) in [6.07, 6.45) is -14.1. The van der Waals surface area contributed by atoms with Gasteiger partial charge < -0.3 is 43.4 Å². The van der Waals surface area contributed by atoms with Gasteiger partial charge in [-0.15, -0.1) is 0 Å². The van der Waals surface area contributed by atoms with Gasteiger partial charge in [-0.1, -0.05) is 157 Å². The molecule has 0 amide bonds. The molecule has 10 atom stereocenters. The fourth-order valence-electron chi connectivity index (χ4n) is 8.15. The molecule has 8 rings (SSSR count). The van der Waals surface area contributed by atoms with Crippen LogP contribution in [0.2, 0.25) is 0 Å². The molecule has 2 N–H and O–H groups in total. The number of ether oxygens (including phenoxy) is 7. The van der Waals surface area contributed by atoms with Gasteiger partial charge in [0.15, 0.2) is 12.6 Å². The predicted molar refractivity (Wildman–Crippen MR) is 259 cm³/mol. The Morgan fingerprint density at radius 3 is 1.21 bits per heavy atom. The van der Waals surface area contributed by atoms with Crippen molar-refractivity contribution in [3.8, 4) is 0 Å². The van der Waals surface area contributed by atoms with Crippen molar-refractivity contribution in [2.24, 2.45) is 0 Å². The van der Waals surface area contributed by atoms with E-state index in [0.717, 1.165) is 33.4 Å². The summed E-state index contributed by atoms with van der Waals surface area (Å²) in [5, 5.41) is 24.1. The van der Waals surface area contributed by atoms with Crippen molar-refractivity contribution in [1.29, 1.82) is 0 Å². The van der Waals surface area contributed by atoms with Gasteiger partial charge >= 0.3 is 0 Å². The van der Waals surface area contributed by atoms with Crippen LogP contribution in [0.3, 0.4) is 0 Å². The van der Waals surface area contributed by atoms with Crippen LogP contribution in [0.4, 0.5) is 0 Å². The molecule has 2 heterocycles. The van der Waals surface area contributed by atoms with Gasteiger partial charge in [0.2, 0.25) is 0 Å². The van der Waals surface area contributed by atoms with Gasteiger partial charge in [-0.3, -0.25) is 8.37 Å². The number of benzene rings is 6. The highest BCUT2D eigenvalue weighted by Crippen LogP contribution is 2.36. The summed E-state index contributed by atoms with van der Waals surface area (Å²) < 4.78 is 112. The Balaban J connectivity index is 1.18. The Kier molecular flexibility index (Phi) is 18.0. The average molecular weight is 1010 g/mol. The molecule has 0 aromatic heterocycles. The minimum Gasteiger partial charge on any atom is -0.387 e. The molecule has 17 heteroatoms. The topological polar surface area (TPSA) is 192 Å². The Morgan fingerprint density at radius 2 is 0.789 bits per heavy atom. The van der Waals surface area contributed by atoms with Crippen molar-refractivity contribution < 1.29 is 68.6 Å². The maximum Gasteiger partial charge on any atom is 0.297 e. The lowest BCUT2D eigenvalue weighted by atomic mass is 9.96. The van der Waals surface area contributed by atoms with E-state index in [1.54, 1.807) is 24.3 Å². The highest BCUT2D eigenvalue weighted by Gasteiger charge is 2.54. The van der Waals surface area contributed by atoms with E-state index in [1.165, 1.54) is 24.3 Å². The molecule has 15 nitrogen and oxygen atoms in total. The fourth-order valence-corrected chi connectivity index (χ4v) is 9.98. The summed E-state index contributed by atoms with van der Waals surface area (Å²) >= 11 is 0. The number of aryl methyl sites for hydroxylation is 2. The van der Waals surface area contributed by atoms with E-state index < -0.39 is 94.9 Å². The third-order valence-corrected chi connectivity index (χ3v) is 14.6.